The standard InChI is InChI=1S/C11H21N3/c1-8(6-12-5)7-14-11(4)9(2)10(3)13-14/h8,12H,6-7H2,1-5H3. The van der Waals surface area contributed by atoms with Gasteiger partial charge in [-0.3, -0.25) is 4.68 Å². The minimum atomic E-state index is 0.623. The molecule has 14 heavy (non-hydrogen) atoms. The van der Waals surface area contributed by atoms with E-state index in [2.05, 4.69) is 42.8 Å². The Labute approximate surface area is 86.5 Å². The highest BCUT2D eigenvalue weighted by Crippen LogP contribution is 2.12. The van der Waals surface area contributed by atoms with Gasteiger partial charge in [-0.25, -0.2) is 0 Å². The van der Waals surface area contributed by atoms with Crippen molar-refractivity contribution in [3.05, 3.63) is 17.0 Å². The van der Waals surface area contributed by atoms with Crippen LogP contribution in [0.4, 0.5) is 0 Å². The molecule has 0 bridgehead atoms. The molecule has 3 heteroatoms. The average Bonchev–Trinajstić information content (AvgIpc) is 2.34. The molecule has 1 unspecified atom stereocenters. The van der Waals surface area contributed by atoms with Crippen molar-refractivity contribution in [2.45, 2.75) is 34.2 Å². The Hall–Kier alpha value is -0.830. The van der Waals surface area contributed by atoms with Gasteiger partial charge in [0.1, 0.15) is 0 Å². The number of nitrogens with zero attached hydrogens (tertiary/aromatic N) is 2. The number of hydrogen-bond acceptors (Lipinski definition) is 2. The molecule has 0 aliphatic heterocycles. The van der Waals surface area contributed by atoms with Crippen molar-refractivity contribution >= 4 is 0 Å². The number of aromatic nitrogens is 2. The normalized spacial score (nSPS) is 13.2. The smallest absolute Gasteiger partial charge is 0.0625 e. The van der Waals surface area contributed by atoms with Gasteiger partial charge < -0.3 is 5.32 Å². The summed E-state index contributed by atoms with van der Waals surface area (Å²) in [6.07, 6.45) is 0. The minimum Gasteiger partial charge on any atom is -0.319 e. The van der Waals surface area contributed by atoms with Gasteiger partial charge in [0.15, 0.2) is 0 Å². The first-order valence-electron chi connectivity index (χ1n) is 5.21. The van der Waals surface area contributed by atoms with Crippen molar-refractivity contribution in [1.29, 1.82) is 0 Å². The molecule has 3 nitrogen and oxygen atoms in total. The fraction of sp³-hybridized carbons (Fsp3) is 0.727. The summed E-state index contributed by atoms with van der Waals surface area (Å²) < 4.78 is 2.12. The van der Waals surface area contributed by atoms with Crippen LogP contribution in [0.5, 0.6) is 0 Å². The molecule has 1 N–H and O–H groups in total. The summed E-state index contributed by atoms with van der Waals surface area (Å²) in [5.41, 5.74) is 3.77. The summed E-state index contributed by atoms with van der Waals surface area (Å²) in [7, 11) is 1.99. The van der Waals surface area contributed by atoms with Crippen molar-refractivity contribution < 1.29 is 0 Å². The quantitative estimate of drug-likeness (QED) is 0.792. The zero-order valence-electron chi connectivity index (χ0n) is 9.89. The molecule has 0 aromatic carbocycles. The van der Waals surface area contributed by atoms with Crippen molar-refractivity contribution in [3.8, 4) is 0 Å². The third-order valence-corrected chi connectivity index (χ3v) is 2.78. The van der Waals surface area contributed by atoms with Crippen LogP contribution in [0.15, 0.2) is 0 Å². The molecule has 0 amide bonds. The van der Waals surface area contributed by atoms with Gasteiger partial charge in [-0.2, -0.15) is 5.10 Å². The number of nitrogens with one attached hydrogen (secondary N) is 1. The van der Waals surface area contributed by atoms with Crippen LogP contribution in [0.3, 0.4) is 0 Å². The second kappa shape index (κ2) is 4.60. The molecule has 0 saturated carbocycles. The summed E-state index contributed by atoms with van der Waals surface area (Å²) in [4.78, 5) is 0. The molecule has 80 valence electrons. The highest BCUT2D eigenvalue weighted by molar-refractivity contribution is 5.22. The Balaban J connectivity index is 2.72. The lowest BCUT2D eigenvalue weighted by molar-refractivity contribution is 0.428. The van der Waals surface area contributed by atoms with Gasteiger partial charge >= 0.3 is 0 Å². The van der Waals surface area contributed by atoms with Crippen molar-refractivity contribution in [2.24, 2.45) is 5.92 Å². The Morgan fingerprint density at radius 1 is 1.36 bits per heavy atom. The molecule has 0 radical (unpaired) electrons. The molecule has 0 aliphatic carbocycles. The molecule has 1 atom stereocenters. The number of rotatable bonds is 4. The fourth-order valence-corrected chi connectivity index (χ4v) is 1.67. The van der Waals surface area contributed by atoms with Gasteiger partial charge in [0, 0.05) is 12.2 Å². The van der Waals surface area contributed by atoms with Crippen LogP contribution >= 0.6 is 0 Å². The Bertz CT molecular complexity index is 302. The molecule has 1 aromatic rings. The predicted octanol–water partition coefficient (Wildman–Crippen LogP) is 1.66. The van der Waals surface area contributed by atoms with Gasteiger partial charge in [0.25, 0.3) is 0 Å². The van der Waals surface area contributed by atoms with Gasteiger partial charge in [-0.05, 0) is 45.8 Å². The van der Waals surface area contributed by atoms with Crippen LogP contribution in [0.2, 0.25) is 0 Å². The van der Waals surface area contributed by atoms with Crippen LogP contribution in [0, 0.1) is 26.7 Å². The molecular weight excluding hydrogens is 174 g/mol. The summed E-state index contributed by atoms with van der Waals surface area (Å²) in [6.45, 7) is 10.6. The Morgan fingerprint density at radius 2 is 2.00 bits per heavy atom. The average molecular weight is 195 g/mol. The Kier molecular flexibility index (Phi) is 3.69. The molecule has 0 saturated heterocycles. The second-order valence-corrected chi connectivity index (χ2v) is 4.14. The molecule has 0 spiro atoms. The van der Waals surface area contributed by atoms with Crippen LogP contribution in [0.25, 0.3) is 0 Å². The van der Waals surface area contributed by atoms with E-state index in [1.54, 1.807) is 0 Å². The van der Waals surface area contributed by atoms with E-state index in [0.717, 1.165) is 18.8 Å². The maximum absolute atomic E-state index is 4.52. The highest BCUT2D eigenvalue weighted by atomic mass is 15.3. The van der Waals surface area contributed by atoms with E-state index >= 15 is 0 Å². The maximum atomic E-state index is 4.52. The molecular formula is C11H21N3. The van der Waals surface area contributed by atoms with Crippen LogP contribution in [-0.4, -0.2) is 23.4 Å². The third kappa shape index (κ3) is 2.35. The monoisotopic (exact) mass is 195 g/mol. The lowest BCUT2D eigenvalue weighted by atomic mass is 10.2. The van der Waals surface area contributed by atoms with Crippen LogP contribution < -0.4 is 5.32 Å². The summed E-state index contributed by atoms with van der Waals surface area (Å²) >= 11 is 0. The zero-order valence-corrected chi connectivity index (χ0v) is 9.89. The number of hydrogen-bond donors (Lipinski definition) is 1. The van der Waals surface area contributed by atoms with Crippen molar-refractivity contribution in [1.82, 2.24) is 15.1 Å². The molecule has 0 fully saturated rings. The van der Waals surface area contributed by atoms with E-state index in [-0.39, 0.29) is 0 Å². The van der Waals surface area contributed by atoms with Crippen molar-refractivity contribution in [3.63, 3.8) is 0 Å². The molecule has 1 rings (SSSR count). The Morgan fingerprint density at radius 3 is 2.43 bits per heavy atom. The first-order chi connectivity index (χ1) is 6.56. The number of aryl methyl sites for hydroxylation is 1. The molecule has 1 heterocycles. The SMILES string of the molecule is CNCC(C)Cn1nc(C)c(C)c1C. The van der Waals surface area contributed by atoms with Gasteiger partial charge in [0.2, 0.25) is 0 Å². The predicted molar refractivity (Wildman–Crippen MR) is 59.5 cm³/mol. The first kappa shape index (κ1) is 11.2. The highest BCUT2D eigenvalue weighted by Gasteiger charge is 2.09. The van der Waals surface area contributed by atoms with Crippen molar-refractivity contribution in [2.75, 3.05) is 13.6 Å². The molecule has 1 aromatic heterocycles. The van der Waals surface area contributed by atoms with Gasteiger partial charge in [-0.1, -0.05) is 6.92 Å². The van der Waals surface area contributed by atoms with Gasteiger partial charge in [-0.15, -0.1) is 0 Å². The second-order valence-electron chi connectivity index (χ2n) is 4.14. The van der Waals surface area contributed by atoms with Crippen LogP contribution in [-0.2, 0) is 6.54 Å². The summed E-state index contributed by atoms with van der Waals surface area (Å²) in [5.74, 6) is 0.623. The largest absolute Gasteiger partial charge is 0.319 e. The minimum absolute atomic E-state index is 0.623. The fourth-order valence-electron chi connectivity index (χ4n) is 1.67. The summed E-state index contributed by atoms with van der Waals surface area (Å²) in [5, 5.41) is 7.71. The van der Waals surface area contributed by atoms with Crippen LogP contribution in [0.1, 0.15) is 23.9 Å². The maximum Gasteiger partial charge on any atom is 0.0625 e. The topological polar surface area (TPSA) is 29.9 Å². The van der Waals surface area contributed by atoms with E-state index in [9.17, 15) is 0 Å². The molecule has 0 aliphatic rings. The third-order valence-electron chi connectivity index (χ3n) is 2.78. The van der Waals surface area contributed by atoms with E-state index < -0.39 is 0 Å². The lowest BCUT2D eigenvalue weighted by Gasteiger charge is -2.12. The zero-order chi connectivity index (χ0) is 10.7. The lowest BCUT2D eigenvalue weighted by Crippen LogP contribution is -2.21. The van der Waals surface area contributed by atoms with E-state index in [0.29, 0.717) is 5.92 Å². The van der Waals surface area contributed by atoms with E-state index in [4.69, 9.17) is 0 Å². The van der Waals surface area contributed by atoms with E-state index in [1.807, 2.05) is 7.05 Å². The van der Waals surface area contributed by atoms with Gasteiger partial charge in [0.05, 0.1) is 5.69 Å². The van der Waals surface area contributed by atoms with E-state index in [1.165, 1.54) is 11.3 Å². The summed E-state index contributed by atoms with van der Waals surface area (Å²) in [6, 6.07) is 0. The first-order valence-corrected chi connectivity index (χ1v) is 5.21.